The van der Waals surface area contributed by atoms with E-state index in [4.69, 9.17) is 0 Å². The molecule has 1 saturated heterocycles. The fourth-order valence-corrected chi connectivity index (χ4v) is 6.14. The molecule has 19 heavy (non-hydrogen) atoms. The van der Waals surface area contributed by atoms with E-state index in [-0.39, 0.29) is 11.1 Å². The molecule has 3 rings (SSSR count). The zero-order valence-corrected chi connectivity index (χ0v) is 13.2. The molecular weight excluding hydrogens is 332 g/mol. The van der Waals surface area contributed by atoms with Gasteiger partial charge in [0.25, 0.3) is 10.0 Å². The first-order chi connectivity index (χ1) is 9.01. The molecule has 8 heteroatoms. The number of sulfonamides is 1. The van der Waals surface area contributed by atoms with Gasteiger partial charge in [-0.15, -0.1) is 5.10 Å². The Balaban J connectivity index is 1.97. The second kappa shape index (κ2) is 4.82. The van der Waals surface area contributed by atoms with Crippen LogP contribution in [0.25, 0.3) is 0 Å². The first-order valence-electron chi connectivity index (χ1n) is 6.59. The van der Waals surface area contributed by atoms with Gasteiger partial charge in [0.15, 0.2) is 4.60 Å². The third-order valence-electron chi connectivity index (χ3n) is 4.25. The molecule has 0 spiro atoms. The number of rotatable bonds is 2. The van der Waals surface area contributed by atoms with Crippen LogP contribution in [-0.2, 0) is 17.1 Å². The van der Waals surface area contributed by atoms with Crippen molar-refractivity contribution in [1.29, 1.82) is 0 Å². The zero-order chi connectivity index (χ0) is 13.6. The molecule has 6 nitrogen and oxygen atoms in total. The monoisotopic (exact) mass is 348 g/mol. The lowest BCUT2D eigenvalue weighted by molar-refractivity contribution is 0.259. The average molecular weight is 349 g/mol. The van der Waals surface area contributed by atoms with Crippen molar-refractivity contribution in [1.82, 2.24) is 19.3 Å². The molecular formula is C11H17BrN4O2S. The minimum absolute atomic E-state index is 0.165. The van der Waals surface area contributed by atoms with E-state index in [9.17, 15) is 8.42 Å². The minimum atomic E-state index is -3.50. The number of halogens is 1. The van der Waals surface area contributed by atoms with Gasteiger partial charge in [-0.3, -0.25) is 0 Å². The Kier molecular flexibility index (Phi) is 3.43. The lowest BCUT2D eigenvalue weighted by Gasteiger charge is -2.30. The Morgan fingerprint density at radius 3 is 2.68 bits per heavy atom. The van der Waals surface area contributed by atoms with Gasteiger partial charge in [0.1, 0.15) is 0 Å². The second-order valence-corrected chi connectivity index (χ2v) is 7.88. The summed E-state index contributed by atoms with van der Waals surface area (Å²) >= 11 is 3.19. The molecule has 2 unspecified atom stereocenters. The predicted molar refractivity (Wildman–Crippen MR) is 73.0 cm³/mol. The van der Waals surface area contributed by atoms with Crippen molar-refractivity contribution in [3.05, 3.63) is 4.60 Å². The Labute approximate surface area is 121 Å². The number of aryl methyl sites for hydroxylation is 1. The van der Waals surface area contributed by atoms with E-state index >= 15 is 0 Å². The van der Waals surface area contributed by atoms with Gasteiger partial charge in [0.2, 0.25) is 5.03 Å². The predicted octanol–water partition coefficient (Wildman–Crippen LogP) is 1.53. The number of hydrogen-bond acceptors (Lipinski definition) is 4. The first-order valence-corrected chi connectivity index (χ1v) is 8.82. The molecule has 1 aromatic rings. The summed E-state index contributed by atoms with van der Waals surface area (Å²) in [5.74, 6) is 0.531. The highest BCUT2D eigenvalue weighted by Crippen LogP contribution is 2.39. The summed E-state index contributed by atoms with van der Waals surface area (Å²) in [5, 5.41) is 7.72. The van der Waals surface area contributed by atoms with E-state index < -0.39 is 10.0 Å². The van der Waals surface area contributed by atoms with Gasteiger partial charge in [-0.25, -0.2) is 13.1 Å². The largest absolute Gasteiger partial charge is 0.263 e. The Morgan fingerprint density at radius 1 is 1.26 bits per heavy atom. The van der Waals surface area contributed by atoms with Gasteiger partial charge >= 0.3 is 0 Å². The highest BCUT2D eigenvalue weighted by molar-refractivity contribution is 9.10. The van der Waals surface area contributed by atoms with Crippen molar-refractivity contribution in [2.45, 2.75) is 43.2 Å². The molecule has 1 saturated carbocycles. The summed E-state index contributed by atoms with van der Waals surface area (Å²) in [5.41, 5.74) is 0. The summed E-state index contributed by atoms with van der Waals surface area (Å²) < 4.78 is 28.9. The summed E-state index contributed by atoms with van der Waals surface area (Å²) in [6, 6.07) is 0.167. The van der Waals surface area contributed by atoms with E-state index in [1.165, 1.54) is 11.1 Å². The molecule has 0 amide bonds. The molecule has 0 aromatic carbocycles. The summed E-state index contributed by atoms with van der Waals surface area (Å²) in [6.45, 7) is 0.620. The highest BCUT2D eigenvalue weighted by atomic mass is 79.9. The molecule has 1 aliphatic carbocycles. The SMILES string of the molecule is Cn1nnc(Br)c1S(=O)(=O)N1CCC2CCCCC21. The van der Waals surface area contributed by atoms with Crippen molar-refractivity contribution in [3.63, 3.8) is 0 Å². The maximum absolute atomic E-state index is 12.8. The standard InChI is InChI=1S/C11H17BrN4O2S/c1-15-11(10(12)13-14-15)19(17,18)16-7-6-8-4-2-3-5-9(8)16/h8-9H,2-7H2,1H3. The zero-order valence-electron chi connectivity index (χ0n) is 10.8. The van der Waals surface area contributed by atoms with Crippen molar-refractivity contribution < 1.29 is 8.42 Å². The smallest absolute Gasteiger partial charge is 0.235 e. The second-order valence-electron chi connectivity index (χ2n) is 5.33. The van der Waals surface area contributed by atoms with Gasteiger partial charge in [-0.05, 0) is 41.1 Å². The van der Waals surface area contributed by atoms with E-state index in [1.807, 2.05) is 0 Å². The van der Waals surface area contributed by atoms with E-state index in [2.05, 4.69) is 26.2 Å². The number of aromatic nitrogens is 3. The topological polar surface area (TPSA) is 68.1 Å². The number of nitrogens with zero attached hydrogens (tertiary/aromatic N) is 4. The lowest BCUT2D eigenvalue weighted by atomic mass is 9.86. The molecule has 2 atom stereocenters. The fourth-order valence-electron chi connectivity index (χ4n) is 3.37. The van der Waals surface area contributed by atoms with Crippen molar-refractivity contribution in [3.8, 4) is 0 Å². The quantitative estimate of drug-likeness (QED) is 0.812. The van der Waals surface area contributed by atoms with Gasteiger partial charge < -0.3 is 0 Å². The molecule has 2 aliphatic rings. The molecule has 0 N–H and O–H groups in total. The van der Waals surface area contributed by atoms with Gasteiger partial charge in [0, 0.05) is 19.6 Å². The third kappa shape index (κ3) is 2.13. The highest BCUT2D eigenvalue weighted by Gasteiger charge is 2.44. The van der Waals surface area contributed by atoms with Gasteiger partial charge in [-0.2, -0.15) is 4.31 Å². The van der Waals surface area contributed by atoms with Crippen molar-refractivity contribution in [2.24, 2.45) is 13.0 Å². The van der Waals surface area contributed by atoms with Crippen LogP contribution in [0.3, 0.4) is 0 Å². The Bertz CT molecular complexity index is 566. The maximum Gasteiger partial charge on any atom is 0.263 e. The van der Waals surface area contributed by atoms with E-state index in [0.717, 1.165) is 25.7 Å². The van der Waals surface area contributed by atoms with Crippen LogP contribution in [0.1, 0.15) is 32.1 Å². The molecule has 1 aliphatic heterocycles. The third-order valence-corrected chi connectivity index (χ3v) is 7.06. The molecule has 1 aromatic heterocycles. The van der Waals surface area contributed by atoms with Crippen molar-refractivity contribution in [2.75, 3.05) is 6.54 Å². The number of hydrogen-bond donors (Lipinski definition) is 0. The van der Waals surface area contributed by atoms with Gasteiger partial charge in [-0.1, -0.05) is 18.1 Å². The molecule has 0 bridgehead atoms. The van der Waals surface area contributed by atoms with Crippen LogP contribution in [0.2, 0.25) is 0 Å². The fraction of sp³-hybridized carbons (Fsp3) is 0.818. The normalized spacial score (nSPS) is 28.5. The first kappa shape index (κ1) is 13.5. The lowest BCUT2D eigenvalue weighted by Crippen LogP contribution is -2.40. The molecule has 0 radical (unpaired) electrons. The van der Waals surface area contributed by atoms with E-state index in [0.29, 0.717) is 17.1 Å². The molecule has 106 valence electrons. The Morgan fingerprint density at radius 2 is 2.00 bits per heavy atom. The number of fused-ring (bicyclic) bond motifs is 1. The molecule has 2 fully saturated rings. The van der Waals surface area contributed by atoms with Gasteiger partial charge in [0.05, 0.1) is 0 Å². The maximum atomic E-state index is 12.8. The minimum Gasteiger partial charge on any atom is -0.235 e. The van der Waals surface area contributed by atoms with Crippen LogP contribution < -0.4 is 0 Å². The van der Waals surface area contributed by atoms with Crippen LogP contribution in [0.4, 0.5) is 0 Å². The van der Waals surface area contributed by atoms with Crippen LogP contribution in [0.15, 0.2) is 9.63 Å². The summed E-state index contributed by atoms with van der Waals surface area (Å²) in [7, 11) is -1.89. The molecule has 2 heterocycles. The summed E-state index contributed by atoms with van der Waals surface area (Å²) in [6.07, 6.45) is 5.46. The van der Waals surface area contributed by atoms with Crippen LogP contribution in [0.5, 0.6) is 0 Å². The van der Waals surface area contributed by atoms with Crippen LogP contribution in [0, 0.1) is 5.92 Å². The summed E-state index contributed by atoms with van der Waals surface area (Å²) in [4.78, 5) is 0. The Hall–Kier alpha value is -0.470. The van der Waals surface area contributed by atoms with Crippen LogP contribution in [-0.4, -0.2) is 40.3 Å². The van der Waals surface area contributed by atoms with E-state index in [1.54, 1.807) is 11.4 Å². The average Bonchev–Trinajstić information content (AvgIpc) is 2.93. The van der Waals surface area contributed by atoms with Crippen molar-refractivity contribution >= 4 is 26.0 Å². The van der Waals surface area contributed by atoms with Crippen LogP contribution >= 0.6 is 15.9 Å².